The van der Waals surface area contributed by atoms with E-state index in [0.29, 0.717) is 11.6 Å². The van der Waals surface area contributed by atoms with Crippen LogP contribution in [0.5, 0.6) is 0 Å². The highest BCUT2D eigenvalue weighted by molar-refractivity contribution is 5.95. The quantitative estimate of drug-likeness (QED) is 0.822. The molecule has 0 heterocycles. The van der Waals surface area contributed by atoms with Gasteiger partial charge >= 0.3 is 0 Å². The molecule has 1 aromatic rings. The van der Waals surface area contributed by atoms with Gasteiger partial charge in [-0.25, -0.2) is 0 Å². The fourth-order valence-corrected chi connectivity index (χ4v) is 1.78. The van der Waals surface area contributed by atoms with Crippen LogP contribution in [0.3, 0.4) is 0 Å². The molecule has 0 aliphatic rings. The molecule has 0 unspecified atom stereocenters. The van der Waals surface area contributed by atoms with Crippen LogP contribution in [-0.2, 0) is 0 Å². The van der Waals surface area contributed by atoms with E-state index in [0.717, 1.165) is 18.5 Å². The summed E-state index contributed by atoms with van der Waals surface area (Å²) in [5.74, 6) is -0.0439. The summed E-state index contributed by atoms with van der Waals surface area (Å²) in [7, 11) is 1.65. The Morgan fingerprint density at radius 1 is 1.29 bits per heavy atom. The van der Waals surface area contributed by atoms with Crippen molar-refractivity contribution in [2.75, 3.05) is 12.4 Å². The normalized spacial score (nSPS) is 10.4. The summed E-state index contributed by atoms with van der Waals surface area (Å²) in [6, 6.07) is 6.22. The number of carbonyl (C=O) groups excluding carboxylic acids is 1. The molecule has 0 fully saturated rings. The van der Waals surface area contributed by atoms with Crippen LogP contribution in [0, 0.1) is 6.92 Å². The van der Waals surface area contributed by atoms with Crippen molar-refractivity contribution in [2.24, 2.45) is 0 Å². The Bertz CT molecular complexity index is 384. The van der Waals surface area contributed by atoms with Crippen LogP contribution in [0.25, 0.3) is 0 Å². The Morgan fingerprint density at radius 3 is 2.47 bits per heavy atom. The van der Waals surface area contributed by atoms with Gasteiger partial charge in [0.1, 0.15) is 0 Å². The molecule has 0 aromatic heterocycles. The summed E-state index contributed by atoms with van der Waals surface area (Å²) >= 11 is 0. The van der Waals surface area contributed by atoms with Gasteiger partial charge in [0.25, 0.3) is 5.91 Å². The molecule has 0 spiro atoms. The second-order valence-corrected chi connectivity index (χ2v) is 4.27. The Labute approximate surface area is 104 Å². The molecule has 0 bridgehead atoms. The minimum absolute atomic E-state index is 0.0439. The van der Waals surface area contributed by atoms with Crippen molar-refractivity contribution >= 4 is 11.6 Å². The van der Waals surface area contributed by atoms with Crippen molar-refractivity contribution in [3.63, 3.8) is 0 Å². The van der Waals surface area contributed by atoms with Gasteiger partial charge in [0.15, 0.2) is 0 Å². The molecular formula is C14H22N2O. The zero-order valence-electron chi connectivity index (χ0n) is 11.1. The first-order valence-corrected chi connectivity index (χ1v) is 6.21. The van der Waals surface area contributed by atoms with Gasteiger partial charge in [-0.15, -0.1) is 0 Å². The van der Waals surface area contributed by atoms with Gasteiger partial charge in [0, 0.05) is 24.3 Å². The fourth-order valence-electron chi connectivity index (χ4n) is 1.78. The van der Waals surface area contributed by atoms with E-state index in [1.165, 1.54) is 5.56 Å². The molecular weight excluding hydrogens is 212 g/mol. The molecule has 94 valence electrons. The highest BCUT2D eigenvalue weighted by Crippen LogP contribution is 2.19. The molecule has 1 rings (SSSR count). The molecule has 0 saturated carbocycles. The number of hydrogen-bond donors (Lipinski definition) is 2. The van der Waals surface area contributed by atoms with Crippen LogP contribution < -0.4 is 10.6 Å². The number of aryl methyl sites for hydroxylation is 1. The van der Waals surface area contributed by atoms with Gasteiger partial charge in [-0.1, -0.05) is 19.9 Å². The van der Waals surface area contributed by atoms with Crippen LogP contribution in [-0.4, -0.2) is 19.0 Å². The number of carbonyl (C=O) groups is 1. The van der Waals surface area contributed by atoms with E-state index >= 15 is 0 Å². The molecule has 0 saturated heterocycles. The molecule has 0 aliphatic heterocycles. The predicted molar refractivity (Wildman–Crippen MR) is 72.6 cm³/mol. The van der Waals surface area contributed by atoms with Gasteiger partial charge in [-0.3, -0.25) is 4.79 Å². The highest BCUT2D eigenvalue weighted by Gasteiger charge is 2.09. The smallest absolute Gasteiger partial charge is 0.251 e. The van der Waals surface area contributed by atoms with E-state index in [2.05, 4.69) is 31.4 Å². The van der Waals surface area contributed by atoms with Crippen molar-refractivity contribution in [3.05, 3.63) is 29.3 Å². The number of rotatable bonds is 5. The number of nitrogens with one attached hydrogen (secondary N) is 2. The maximum absolute atomic E-state index is 11.6. The fraction of sp³-hybridized carbons (Fsp3) is 0.500. The number of hydrogen-bond acceptors (Lipinski definition) is 2. The summed E-state index contributed by atoms with van der Waals surface area (Å²) < 4.78 is 0. The lowest BCUT2D eigenvalue weighted by Crippen LogP contribution is -2.20. The molecule has 3 nitrogen and oxygen atoms in total. The number of benzene rings is 1. The summed E-state index contributed by atoms with van der Waals surface area (Å²) in [4.78, 5) is 11.6. The second-order valence-electron chi connectivity index (χ2n) is 4.27. The van der Waals surface area contributed by atoms with Crippen molar-refractivity contribution < 1.29 is 4.79 Å². The minimum Gasteiger partial charge on any atom is -0.382 e. The summed E-state index contributed by atoms with van der Waals surface area (Å²) in [6.07, 6.45) is 2.17. The molecule has 0 atom stereocenters. The third kappa shape index (κ3) is 3.48. The van der Waals surface area contributed by atoms with Gasteiger partial charge in [0.05, 0.1) is 0 Å². The average Bonchev–Trinajstić information content (AvgIpc) is 2.36. The molecule has 1 aromatic carbocycles. The lowest BCUT2D eigenvalue weighted by atomic mass is 10.1. The number of amides is 1. The van der Waals surface area contributed by atoms with E-state index in [1.807, 2.05) is 18.2 Å². The molecule has 17 heavy (non-hydrogen) atoms. The van der Waals surface area contributed by atoms with Crippen LogP contribution in [0.15, 0.2) is 18.2 Å². The van der Waals surface area contributed by atoms with E-state index in [-0.39, 0.29) is 5.91 Å². The van der Waals surface area contributed by atoms with E-state index in [9.17, 15) is 4.79 Å². The first-order chi connectivity index (χ1) is 8.12. The Balaban J connectivity index is 2.94. The molecule has 0 radical (unpaired) electrons. The molecule has 0 aliphatic carbocycles. The third-order valence-electron chi connectivity index (χ3n) is 3.07. The predicted octanol–water partition coefficient (Wildman–Crippen LogP) is 2.96. The van der Waals surface area contributed by atoms with Crippen LogP contribution in [0.4, 0.5) is 5.69 Å². The standard InChI is InChI=1S/C14H22N2O/c1-5-12(6-2)16-13-9-11(14(17)15-4)8-7-10(13)3/h7-9,12,16H,5-6H2,1-4H3,(H,15,17). The van der Waals surface area contributed by atoms with Crippen LogP contribution in [0.2, 0.25) is 0 Å². The lowest BCUT2D eigenvalue weighted by molar-refractivity contribution is 0.0963. The summed E-state index contributed by atoms with van der Waals surface area (Å²) in [6.45, 7) is 6.39. The Kier molecular flexibility index (Phi) is 5.01. The van der Waals surface area contributed by atoms with Crippen LogP contribution in [0.1, 0.15) is 42.6 Å². The molecule has 3 heteroatoms. The first kappa shape index (κ1) is 13.6. The zero-order chi connectivity index (χ0) is 12.8. The SMILES string of the molecule is CCC(CC)Nc1cc(C(=O)NC)ccc1C. The third-order valence-corrected chi connectivity index (χ3v) is 3.07. The zero-order valence-corrected chi connectivity index (χ0v) is 11.1. The summed E-state index contributed by atoms with van der Waals surface area (Å²) in [5, 5.41) is 6.13. The van der Waals surface area contributed by atoms with E-state index < -0.39 is 0 Å². The van der Waals surface area contributed by atoms with Crippen molar-refractivity contribution in [2.45, 2.75) is 39.7 Å². The van der Waals surface area contributed by atoms with E-state index in [1.54, 1.807) is 7.05 Å². The second kappa shape index (κ2) is 6.28. The monoisotopic (exact) mass is 234 g/mol. The van der Waals surface area contributed by atoms with E-state index in [4.69, 9.17) is 0 Å². The first-order valence-electron chi connectivity index (χ1n) is 6.21. The van der Waals surface area contributed by atoms with Crippen molar-refractivity contribution in [1.82, 2.24) is 5.32 Å². The van der Waals surface area contributed by atoms with Gasteiger partial charge < -0.3 is 10.6 Å². The Hall–Kier alpha value is -1.51. The largest absolute Gasteiger partial charge is 0.382 e. The van der Waals surface area contributed by atoms with Crippen molar-refractivity contribution in [1.29, 1.82) is 0 Å². The maximum atomic E-state index is 11.6. The van der Waals surface area contributed by atoms with Gasteiger partial charge in [-0.05, 0) is 37.5 Å². The molecule has 1 amide bonds. The van der Waals surface area contributed by atoms with Gasteiger partial charge in [0.2, 0.25) is 0 Å². The molecule has 2 N–H and O–H groups in total. The Morgan fingerprint density at radius 2 is 1.94 bits per heavy atom. The average molecular weight is 234 g/mol. The van der Waals surface area contributed by atoms with Crippen molar-refractivity contribution in [3.8, 4) is 0 Å². The summed E-state index contributed by atoms with van der Waals surface area (Å²) in [5.41, 5.74) is 2.93. The topological polar surface area (TPSA) is 41.1 Å². The number of anilines is 1. The van der Waals surface area contributed by atoms with Gasteiger partial charge in [-0.2, -0.15) is 0 Å². The lowest BCUT2D eigenvalue weighted by Gasteiger charge is -2.18. The highest BCUT2D eigenvalue weighted by atomic mass is 16.1. The minimum atomic E-state index is -0.0439. The van der Waals surface area contributed by atoms with Crippen LogP contribution >= 0.6 is 0 Å². The maximum Gasteiger partial charge on any atom is 0.251 e.